The fourth-order valence-electron chi connectivity index (χ4n) is 8.37. The minimum atomic E-state index is -0.927. The van der Waals surface area contributed by atoms with E-state index in [0.29, 0.717) is 12.4 Å². The molecule has 0 spiro atoms. The summed E-state index contributed by atoms with van der Waals surface area (Å²) in [6.07, 6.45) is 0.819. The third kappa shape index (κ3) is 6.50. The molecular formula is C51H43N7. The molecule has 0 aliphatic heterocycles. The van der Waals surface area contributed by atoms with Crippen LogP contribution in [0.3, 0.4) is 0 Å². The smallest absolute Gasteiger partial charge is 0.184 e. The SMILES string of the molecule is CCc1nc2c(C)cc(C)nc2n1Cc1ccc(/C(=C(\c2ccccc2)c2nnnn2C(c2ccccc2)(c2ccccc2)c2ccccc2)c2ccccc2)cc1. The molecule has 0 bridgehead atoms. The van der Waals surface area contributed by atoms with E-state index in [4.69, 9.17) is 20.3 Å². The van der Waals surface area contributed by atoms with E-state index < -0.39 is 5.54 Å². The first-order chi connectivity index (χ1) is 28.6. The van der Waals surface area contributed by atoms with Gasteiger partial charge in [-0.2, -0.15) is 0 Å². The van der Waals surface area contributed by atoms with Gasteiger partial charge in [0.1, 0.15) is 16.9 Å². The molecule has 58 heavy (non-hydrogen) atoms. The van der Waals surface area contributed by atoms with Gasteiger partial charge in [0, 0.05) is 23.3 Å². The molecule has 3 aromatic heterocycles. The van der Waals surface area contributed by atoms with Crippen LogP contribution in [0.1, 0.15) is 68.8 Å². The van der Waals surface area contributed by atoms with Crippen molar-refractivity contribution < 1.29 is 0 Å². The lowest BCUT2D eigenvalue weighted by atomic mass is 9.76. The van der Waals surface area contributed by atoms with Gasteiger partial charge in [-0.1, -0.05) is 183 Å². The molecule has 0 N–H and O–H groups in total. The van der Waals surface area contributed by atoms with Crippen molar-refractivity contribution in [3.8, 4) is 0 Å². The zero-order chi connectivity index (χ0) is 39.5. The predicted octanol–water partition coefficient (Wildman–Crippen LogP) is 10.5. The molecule has 0 atom stereocenters. The van der Waals surface area contributed by atoms with Gasteiger partial charge in [0.25, 0.3) is 0 Å². The van der Waals surface area contributed by atoms with E-state index >= 15 is 0 Å². The average Bonchev–Trinajstić information content (AvgIpc) is 3.90. The number of hydrogen-bond donors (Lipinski definition) is 0. The van der Waals surface area contributed by atoms with Gasteiger partial charge in [-0.15, -0.1) is 5.10 Å². The van der Waals surface area contributed by atoms with E-state index in [2.05, 4.69) is 181 Å². The van der Waals surface area contributed by atoms with E-state index in [0.717, 1.165) is 84.8 Å². The molecule has 0 radical (unpaired) electrons. The van der Waals surface area contributed by atoms with Crippen LogP contribution in [0.25, 0.3) is 22.3 Å². The Morgan fingerprint density at radius 2 is 1.03 bits per heavy atom. The maximum absolute atomic E-state index is 5.00. The van der Waals surface area contributed by atoms with Crippen molar-refractivity contribution >= 4 is 22.3 Å². The highest BCUT2D eigenvalue weighted by atomic mass is 15.6. The van der Waals surface area contributed by atoms with Crippen molar-refractivity contribution in [3.05, 3.63) is 244 Å². The van der Waals surface area contributed by atoms with Crippen molar-refractivity contribution in [3.63, 3.8) is 0 Å². The highest BCUT2D eigenvalue weighted by Crippen LogP contribution is 2.44. The Bertz CT molecular complexity index is 2730. The number of hydrogen-bond acceptors (Lipinski definition) is 5. The van der Waals surface area contributed by atoms with Crippen LogP contribution in [0.15, 0.2) is 182 Å². The summed E-state index contributed by atoms with van der Waals surface area (Å²) in [5.41, 5.74) is 12.4. The molecule has 9 rings (SSSR count). The Morgan fingerprint density at radius 3 is 1.55 bits per heavy atom. The number of tetrazole rings is 1. The number of rotatable bonds is 11. The maximum Gasteiger partial charge on any atom is 0.184 e. The number of nitrogens with zero attached hydrogens (tertiary/aromatic N) is 7. The quantitative estimate of drug-likeness (QED) is 0.0971. The van der Waals surface area contributed by atoms with E-state index in [1.165, 1.54) is 0 Å². The first-order valence-electron chi connectivity index (χ1n) is 19.8. The van der Waals surface area contributed by atoms with Crippen molar-refractivity contribution in [2.24, 2.45) is 0 Å². The highest BCUT2D eigenvalue weighted by molar-refractivity contribution is 6.03. The van der Waals surface area contributed by atoms with Crippen LogP contribution >= 0.6 is 0 Å². The summed E-state index contributed by atoms with van der Waals surface area (Å²) in [6.45, 7) is 6.98. The largest absolute Gasteiger partial charge is 0.308 e. The van der Waals surface area contributed by atoms with Gasteiger partial charge in [0.15, 0.2) is 11.5 Å². The molecule has 0 aliphatic rings. The van der Waals surface area contributed by atoms with Crippen molar-refractivity contribution in [1.29, 1.82) is 0 Å². The van der Waals surface area contributed by atoms with E-state index in [9.17, 15) is 0 Å². The van der Waals surface area contributed by atoms with Gasteiger partial charge in [-0.05, 0) is 74.8 Å². The molecule has 0 amide bonds. The molecule has 3 heterocycles. The van der Waals surface area contributed by atoms with Crippen LogP contribution in [-0.4, -0.2) is 34.7 Å². The summed E-state index contributed by atoms with van der Waals surface area (Å²) in [5.74, 6) is 1.67. The first-order valence-corrected chi connectivity index (χ1v) is 19.8. The van der Waals surface area contributed by atoms with Gasteiger partial charge in [-0.3, -0.25) is 0 Å². The van der Waals surface area contributed by atoms with Crippen molar-refractivity contribution in [2.75, 3.05) is 0 Å². The zero-order valence-corrected chi connectivity index (χ0v) is 32.9. The standard InChI is InChI=1S/C51H43N7/c1-4-45-53-48-36(2)34-37(3)52-50(48)57(45)35-38-30-32-41(33-31-38)46(39-20-10-5-11-21-39)47(40-22-12-6-13-23-40)49-54-55-56-58(49)51(42-24-14-7-15-25-42,43-26-16-8-17-27-43)44-28-18-9-19-29-44/h5-34H,4,35H2,1-3H3/b47-46+. The molecule has 7 heteroatoms. The van der Waals surface area contributed by atoms with E-state index in [1.54, 1.807) is 0 Å². The molecule has 9 aromatic rings. The second-order valence-electron chi connectivity index (χ2n) is 14.6. The summed E-state index contributed by atoms with van der Waals surface area (Å²) in [7, 11) is 0. The number of aromatic nitrogens is 7. The third-order valence-electron chi connectivity index (χ3n) is 11.0. The van der Waals surface area contributed by atoms with E-state index in [-0.39, 0.29) is 0 Å². The Kier molecular flexibility index (Phi) is 9.86. The monoisotopic (exact) mass is 753 g/mol. The third-order valence-corrected chi connectivity index (χ3v) is 11.0. The molecule has 0 aliphatic carbocycles. The Labute approximate surface area is 339 Å². The number of aryl methyl sites for hydroxylation is 3. The van der Waals surface area contributed by atoms with Gasteiger partial charge in [-0.25, -0.2) is 14.6 Å². The minimum Gasteiger partial charge on any atom is -0.308 e. The minimum absolute atomic E-state index is 0.639. The fourth-order valence-corrected chi connectivity index (χ4v) is 8.37. The lowest BCUT2D eigenvalue weighted by Crippen LogP contribution is -2.40. The van der Waals surface area contributed by atoms with Crippen LogP contribution in [0.2, 0.25) is 0 Å². The van der Waals surface area contributed by atoms with Gasteiger partial charge in [0.2, 0.25) is 0 Å². The molecule has 6 aromatic carbocycles. The second-order valence-corrected chi connectivity index (χ2v) is 14.6. The zero-order valence-electron chi connectivity index (χ0n) is 32.9. The lowest BCUT2D eigenvalue weighted by Gasteiger charge is -2.36. The topological polar surface area (TPSA) is 74.3 Å². The molecular weight excluding hydrogens is 711 g/mol. The van der Waals surface area contributed by atoms with Crippen molar-refractivity contribution in [2.45, 2.75) is 39.3 Å². The molecule has 7 nitrogen and oxygen atoms in total. The lowest BCUT2D eigenvalue weighted by molar-refractivity contribution is 0.442. The van der Waals surface area contributed by atoms with Crippen LogP contribution in [0, 0.1) is 13.8 Å². The van der Waals surface area contributed by atoms with Crippen LogP contribution < -0.4 is 0 Å². The Morgan fingerprint density at radius 1 is 0.552 bits per heavy atom. The number of fused-ring (bicyclic) bond motifs is 1. The fraction of sp³-hybridized carbons (Fsp3) is 0.118. The highest BCUT2D eigenvalue weighted by Gasteiger charge is 2.42. The van der Waals surface area contributed by atoms with Gasteiger partial charge >= 0.3 is 0 Å². The molecule has 0 fully saturated rings. The summed E-state index contributed by atoms with van der Waals surface area (Å²) in [4.78, 5) is 9.94. The van der Waals surface area contributed by atoms with Crippen LogP contribution in [0.4, 0.5) is 0 Å². The summed E-state index contributed by atoms with van der Waals surface area (Å²) in [6, 6.07) is 63.7. The van der Waals surface area contributed by atoms with Gasteiger partial charge in [0.05, 0.1) is 6.54 Å². The molecule has 0 saturated carbocycles. The second kappa shape index (κ2) is 15.7. The Balaban J connectivity index is 1.30. The maximum atomic E-state index is 5.00. The number of benzene rings is 6. The Hall–Kier alpha value is -7.25. The van der Waals surface area contributed by atoms with Gasteiger partial charge < -0.3 is 4.57 Å². The molecule has 0 saturated heterocycles. The summed E-state index contributed by atoms with van der Waals surface area (Å²) in [5, 5.41) is 14.4. The van der Waals surface area contributed by atoms with E-state index in [1.807, 2.05) is 35.9 Å². The van der Waals surface area contributed by atoms with Crippen molar-refractivity contribution in [1.82, 2.24) is 34.7 Å². The molecule has 0 unspecified atom stereocenters. The number of imidazole rings is 1. The normalized spacial score (nSPS) is 12.1. The van der Waals surface area contributed by atoms with Crippen LogP contribution in [0.5, 0.6) is 0 Å². The average molecular weight is 754 g/mol. The molecule has 282 valence electrons. The number of pyridine rings is 1. The first kappa shape index (κ1) is 36.4. The predicted molar refractivity (Wildman–Crippen MR) is 232 cm³/mol. The summed E-state index contributed by atoms with van der Waals surface area (Å²) >= 11 is 0. The summed E-state index contributed by atoms with van der Waals surface area (Å²) < 4.78 is 4.29. The van der Waals surface area contributed by atoms with Crippen LogP contribution in [-0.2, 0) is 18.5 Å².